The first-order valence-electron chi connectivity index (χ1n) is 15.6. The van der Waals surface area contributed by atoms with Gasteiger partial charge in [-0.2, -0.15) is 8.42 Å². The molecule has 0 spiro atoms. The fourth-order valence-corrected chi connectivity index (χ4v) is 6.40. The van der Waals surface area contributed by atoms with Crippen LogP contribution in [0.3, 0.4) is 0 Å². The molecule has 7 aromatic rings. The van der Waals surface area contributed by atoms with Gasteiger partial charge in [0.2, 0.25) is 0 Å². The molecule has 0 radical (unpaired) electrons. The van der Waals surface area contributed by atoms with Crippen LogP contribution in [0.15, 0.2) is 153 Å². The van der Waals surface area contributed by atoms with E-state index in [2.05, 4.69) is 32.6 Å². The van der Waals surface area contributed by atoms with Gasteiger partial charge in [-0.15, -0.1) is 20.5 Å². The lowest BCUT2D eigenvalue weighted by Crippen LogP contribution is -1.99. The van der Waals surface area contributed by atoms with Gasteiger partial charge in [0.25, 0.3) is 10.1 Å². The molecule has 0 saturated carbocycles. The Hall–Kier alpha value is -6.63. The first-order valence-corrected chi connectivity index (χ1v) is 17.0. The van der Waals surface area contributed by atoms with Gasteiger partial charge in [-0.1, -0.05) is 91.0 Å². The van der Waals surface area contributed by atoms with Crippen LogP contribution in [0.25, 0.3) is 32.7 Å². The van der Waals surface area contributed by atoms with Gasteiger partial charge in [0.05, 0.1) is 0 Å². The van der Waals surface area contributed by atoms with Crippen molar-refractivity contribution in [3.63, 3.8) is 0 Å². The topological polar surface area (TPSA) is 185 Å². The number of nitrogens with zero attached hydrogens (tertiary/aromatic N) is 4. The summed E-state index contributed by atoms with van der Waals surface area (Å²) in [6.45, 7) is 0. The standard InChI is InChI=1S/C39H28N4O7S/c44-34-20-25(11-15-31(34)40-42-33-17-13-28-19-24(10-14-30(28)38(33)46)18-23-6-2-1-3-7-23)26-12-16-32(35(45)21-26)41-43-37-36(51(48,49)50)22-27-8-4-5-9-29(27)39(37)47/h1-17,19-22,44-47H,18H2,(H,48,49,50). The number of rotatable bonds is 8. The van der Waals surface area contributed by atoms with Crippen molar-refractivity contribution in [2.75, 3.05) is 0 Å². The lowest BCUT2D eigenvalue weighted by Gasteiger charge is -2.09. The molecule has 0 bridgehead atoms. The molecule has 0 aliphatic heterocycles. The molecular formula is C39H28N4O7S. The number of hydrogen-bond acceptors (Lipinski definition) is 10. The van der Waals surface area contributed by atoms with Gasteiger partial charge in [-0.05, 0) is 75.8 Å². The van der Waals surface area contributed by atoms with E-state index in [0.717, 1.165) is 17.4 Å². The molecule has 11 nitrogen and oxygen atoms in total. The van der Waals surface area contributed by atoms with E-state index >= 15 is 0 Å². The maximum Gasteiger partial charge on any atom is 0.296 e. The van der Waals surface area contributed by atoms with Crippen LogP contribution in [0.5, 0.6) is 23.0 Å². The number of fused-ring (bicyclic) bond motifs is 2. The Labute approximate surface area is 291 Å². The van der Waals surface area contributed by atoms with Gasteiger partial charge in [-0.25, -0.2) is 0 Å². The Morgan fingerprint density at radius 2 is 1.06 bits per heavy atom. The minimum absolute atomic E-state index is 0.0311. The molecule has 0 aliphatic carbocycles. The maximum absolute atomic E-state index is 12.1. The van der Waals surface area contributed by atoms with Crippen LogP contribution in [0.2, 0.25) is 0 Å². The predicted octanol–water partition coefficient (Wildman–Crippen LogP) is 10.2. The van der Waals surface area contributed by atoms with Crippen molar-refractivity contribution in [2.45, 2.75) is 11.3 Å². The number of azo groups is 2. The van der Waals surface area contributed by atoms with E-state index in [4.69, 9.17) is 0 Å². The van der Waals surface area contributed by atoms with Crippen LogP contribution < -0.4 is 0 Å². The van der Waals surface area contributed by atoms with Crippen molar-refractivity contribution in [1.82, 2.24) is 0 Å². The van der Waals surface area contributed by atoms with Gasteiger partial charge in [-0.3, -0.25) is 4.55 Å². The van der Waals surface area contributed by atoms with Crippen molar-refractivity contribution in [3.05, 3.63) is 139 Å². The van der Waals surface area contributed by atoms with Gasteiger partial charge < -0.3 is 20.4 Å². The van der Waals surface area contributed by atoms with Crippen molar-refractivity contribution in [3.8, 4) is 34.1 Å². The third-order valence-corrected chi connectivity index (χ3v) is 9.20. The number of hydrogen-bond donors (Lipinski definition) is 5. The van der Waals surface area contributed by atoms with Gasteiger partial charge in [0.1, 0.15) is 39.1 Å². The monoisotopic (exact) mass is 696 g/mol. The minimum atomic E-state index is -4.78. The summed E-state index contributed by atoms with van der Waals surface area (Å²) in [4.78, 5) is -0.643. The van der Waals surface area contributed by atoms with Crippen LogP contribution in [-0.2, 0) is 16.5 Å². The van der Waals surface area contributed by atoms with Crippen LogP contribution >= 0.6 is 0 Å². The molecule has 0 unspecified atom stereocenters. The summed E-state index contributed by atoms with van der Waals surface area (Å²) in [6, 6.07) is 36.0. The van der Waals surface area contributed by atoms with Crippen molar-refractivity contribution in [2.24, 2.45) is 20.5 Å². The molecular weight excluding hydrogens is 669 g/mol. The molecule has 0 amide bonds. The molecule has 7 rings (SSSR count). The Balaban J connectivity index is 1.10. The summed E-state index contributed by atoms with van der Waals surface area (Å²) in [5.74, 6) is -1.06. The Kier molecular flexibility index (Phi) is 8.61. The van der Waals surface area contributed by atoms with Crippen molar-refractivity contribution in [1.29, 1.82) is 0 Å². The minimum Gasteiger partial charge on any atom is -0.506 e. The van der Waals surface area contributed by atoms with Gasteiger partial charge in [0.15, 0.2) is 11.5 Å². The highest BCUT2D eigenvalue weighted by Gasteiger charge is 2.22. The molecule has 0 atom stereocenters. The largest absolute Gasteiger partial charge is 0.506 e. The van der Waals surface area contributed by atoms with Crippen LogP contribution in [0.1, 0.15) is 11.1 Å². The number of phenolic OH excluding ortho intramolecular Hbond substituents is 4. The second-order valence-corrected chi connectivity index (χ2v) is 13.1. The van der Waals surface area contributed by atoms with E-state index in [1.165, 1.54) is 35.9 Å². The number of benzene rings is 7. The zero-order valence-corrected chi connectivity index (χ0v) is 27.4. The molecule has 0 saturated heterocycles. The van der Waals surface area contributed by atoms with Gasteiger partial charge >= 0.3 is 0 Å². The van der Waals surface area contributed by atoms with E-state index in [0.29, 0.717) is 27.3 Å². The highest BCUT2D eigenvalue weighted by atomic mass is 32.2. The van der Waals surface area contributed by atoms with Crippen molar-refractivity contribution >= 4 is 54.4 Å². The number of phenols is 4. The molecule has 12 heteroatoms. The Bertz CT molecular complexity index is 2640. The first-order chi connectivity index (χ1) is 24.5. The van der Waals surface area contributed by atoms with Crippen LogP contribution in [-0.4, -0.2) is 33.4 Å². The molecule has 51 heavy (non-hydrogen) atoms. The molecule has 0 aliphatic rings. The summed E-state index contributed by atoms with van der Waals surface area (Å²) >= 11 is 0. The molecule has 252 valence electrons. The van der Waals surface area contributed by atoms with E-state index < -0.39 is 26.5 Å². The van der Waals surface area contributed by atoms with E-state index in [1.807, 2.05) is 42.5 Å². The normalized spacial score (nSPS) is 12.0. The Morgan fingerprint density at radius 3 is 1.73 bits per heavy atom. The quantitative estimate of drug-likeness (QED) is 0.0772. The third-order valence-electron chi connectivity index (χ3n) is 8.33. The second-order valence-electron chi connectivity index (χ2n) is 11.7. The van der Waals surface area contributed by atoms with E-state index in [-0.39, 0.29) is 34.3 Å². The summed E-state index contributed by atoms with van der Waals surface area (Å²) in [6.07, 6.45) is 0.765. The Morgan fingerprint density at radius 1 is 0.490 bits per heavy atom. The smallest absolute Gasteiger partial charge is 0.296 e. The highest BCUT2D eigenvalue weighted by Crippen LogP contribution is 2.43. The molecule has 7 aromatic carbocycles. The molecule has 5 N–H and O–H groups in total. The zero-order valence-electron chi connectivity index (χ0n) is 26.6. The van der Waals surface area contributed by atoms with E-state index in [9.17, 15) is 33.4 Å². The maximum atomic E-state index is 12.1. The van der Waals surface area contributed by atoms with Gasteiger partial charge in [0, 0.05) is 10.8 Å². The summed E-state index contributed by atoms with van der Waals surface area (Å²) in [5, 5.41) is 61.4. The average molecular weight is 697 g/mol. The first kappa shape index (κ1) is 32.9. The third kappa shape index (κ3) is 6.81. The van der Waals surface area contributed by atoms with E-state index in [1.54, 1.807) is 42.5 Å². The average Bonchev–Trinajstić information content (AvgIpc) is 3.12. The summed E-state index contributed by atoms with van der Waals surface area (Å²) in [7, 11) is -4.78. The number of aromatic hydroxyl groups is 4. The SMILES string of the molecule is O=S(=O)(O)c1cc2ccccc2c(O)c1N=Nc1ccc(-c2ccc(N=Nc3ccc4cc(Cc5ccccc5)ccc4c3O)c(O)c2)cc1O. The molecule has 0 fully saturated rings. The summed E-state index contributed by atoms with van der Waals surface area (Å²) < 4.78 is 33.9. The fraction of sp³-hybridized carbons (Fsp3) is 0.0256. The molecule has 0 aromatic heterocycles. The van der Waals surface area contributed by atoms with Crippen LogP contribution in [0, 0.1) is 0 Å². The lowest BCUT2D eigenvalue weighted by atomic mass is 10.0. The molecule has 0 heterocycles. The van der Waals surface area contributed by atoms with Crippen LogP contribution in [0.4, 0.5) is 22.7 Å². The predicted molar refractivity (Wildman–Crippen MR) is 194 cm³/mol. The summed E-state index contributed by atoms with van der Waals surface area (Å²) in [5.41, 5.74) is 3.15. The van der Waals surface area contributed by atoms with Crippen molar-refractivity contribution < 1.29 is 33.4 Å². The zero-order chi connectivity index (χ0) is 35.7. The lowest BCUT2D eigenvalue weighted by molar-refractivity contribution is 0.471. The second kappa shape index (κ2) is 13.3. The highest BCUT2D eigenvalue weighted by molar-refractivity contribution is 7.86. The fourth-order valence-electron chi connectivity index (χ4n) is 5.75.